The van der Waals surface area contributed by atoms with Gasteiger partial charge in [-0.25, -0.2) is 4.39 Å². The van der Waals surface area contributed by atoms with Crippen LogP contribution in [0.1, 0.15) is 34.6 Å². The second-order valence-electron chi connectivity index (χ2n) is 5.52. The highest BCUT2D eigenvalue weighted by molar-refractivity contribution is 5.97. The molecule has 0 atom stereocenters. The summed E-state index contributed by atoms with van der Waals surface area (Å²) in [6.45, 7) is 3.08. The number of rotatable bonds is 4. The van der Waals surface area contributed by atoms with Crippen molar-refractivity contribution in [3.05, 3.63) is 28.9 Å². The molecule has 6 heteroatoms. The van der Waals surface area contributed by atoms with E-state index in [1.54, 1.807) is 4.68 Å². The first-order valence-electron chi connectivity index (χ1n) is 7.01. The molecule has 2 N–H and O–H groups in total. The van der Waals surface area contributed by atoms with E-state index in [0.717, 1.165) is 37.2 Å². The van der Waals surface area contributed by atoms with Crippen LogP contribution in [0.3, 0.4) is 0 Å². The average Bonchev–Trinajstić information content (AvgIpc) is 3.22. The van der Waals surface area contributed by atoms with Crippen molar-refractivity contribution >= 4 is 5.91 Å². The zero-order valence-electron chi connectivity index (χ0n) is 11.6. The van der Waals surface area contributed by atoms with Crippen molar-refractivity contribution in [1.29, 1.82) is 0 Å². The van der Waals surface area contributed by atoms with Crippen LogP contribution < -0.4 is 5.73 Å². The first-order chi connectivity index (χ1) is 9.65. The molecule has 2 aliphatic rings. The van der Waals surface area contributed by atoms with E-state index in [-0.39, 0.29) is 12.5 Å². The van der Waals surface area contributed by atoms with Gasteiger partial charge in [0, 0.05) is 31.2 Å². The van der Waals surface area contributed by atoms with Gasteiger partial charge in [0.1, 0.15) is 0 Å². The quantitative estimate of drug-likeness (QED) is 0.899. The SMILES string of the molecule is Cc1c2c(nn1C/C(=C/F)CN)CCN(C1CC1)C2=O. The molecule has 1 aliphatic heterocycles. The molecular formula is C14H19FN4O. The molecule has 1 aromatic heterocycles. The Bertz CT molecular complexity index is 574. The van der Waals surface area contributed by atoms with Crippen LogP contribution in [-0.4, -0.2) is 39.7 Å². The smallest absolute Gasteiger partial charge is 0.257 e. The van der Waals surface area contributed by atoms with E-state index in [9.17, 15) is 9.18 Å². The number of carbonyl (C=O) groups excluding carboxylic acids is 1. The van der Waals surface area contributed by atoms with Gasteiger partial charge in [-0.2, -0.15) is 5.10 Å². The molecule has 1 aromatic rings. The maximum Gasteiger partial charge on any atom is 0.257 e. The molecule has 1 aliphatic carbocycles. The maximum atomic E-state index is 12.7. The predicted octanol–water partition coefficient (Wildman–Crippen LogP) is 1.16. The van der Waals surface area contributed by atoms with E-state index in [1.165, 1.54) is 0 Å². The highest BCUT2D eigenvalue weighted by Crippen LogP contribution is 2.32. The second kappa shape index (κ2) is 5.01. The summed E-state index contributed by atoms with van der Waals surface area (Å²) in [6.07, 6.45) is 3.52. The van der Waals surface area contributed by atoms with E-state index in [1.807, 2.05) is 11.8 Å². The molecule has 0 saturated heterocycles. The third-order valence-corrected chi connectivity index (χ3v) is 4.10. The number of nitrogens with zero attached hydrogens (tertiary/aromatic N) is 3. The summed E-state index contributed by atoms with van der Waals surface area (Å²) in [7, 11) is 0. The van der Waals surface area contributed by atoms with Crippen molar-refractivity contribution in [2.75, 3.05) is 13.1 Å². The third-order valence-electron chi connectivity index (χ3n) is 4.10. The zero-order chi connectivity index (χ0) is 14.3. The third kappa shape index (κ3) is 2.14. The number of hydrogen-bond donors (Lipinski definition) is 1. The Kier molecular flexibility index (Phi) is 3.33. The van der Waals surface area contributed by atoms with E-state index < -0.39 is 0 Å². The van der Waals surface area contributed by atoms with Crippen LogP contribution in [-0.2, 0) is 13.0 Å². The van der Waals surface area contributed by atoms with Gasteiger partial charge in [0.25, 0.3) is 5.91 Å². The number of amides is 1. The molecule has 0 unspecified atom stereocenters. The molecule has 108 valence electrons. The van der Waals surface area contributed by atoms with Gasteiger partial charge in [0.15, 0.2) is 0 Å². The van der Waals surface area contributed by atoms with E-state index >= 15 is 0 Å². The number of fused-ring (bicyclic) bond motifs is 1. The van der Waals surface area contributed by atoms with Crippen LogP contribution in [0.4, 0.5) is 4.39 Å². The number of aromatic nitrogens is 2. The minimum atomic E-state index is 0.0797. The second-order valence-corrected chi connectivity index (χ2v) is 5.52. The summed E-state index contributed by atoms with van der Waals surface area (Å²) < 4.78 is 14.3. The van der Waals surface area contributed by atoms with Crippen LogP contribution in [0.15, 0.2) is 11.9 Å². The number of halogens is 1. The minimum Gasteiger partial charge on any atom is -0.335 e. The Morgan fingerprint density at radius 1 is 1.55 bits per heavy atom. The van der Waals surface area contributed by atoms with Crippen LogP contribution in [0.2, 0.25) is 0 Å². The Morgan fingerprint density at radius 3 is 2.90 bits per heavy atom. The largest absolute Gasteiger partial charge is 0.335 e. The molecular weight excluding hydrogens is 259 g/mol. The number of carbonyl (C=O) groups is 1. The lowest BCUT2D eigenvalue weighted by Crippen LogP contribution is -2.39. The van der Waals surface area contributed by atoms with Crippen molar-refractivity contribution in [1.82, 2.24) is 14.7 Å². The normalized spacial score (nSPS) is 19.4. The predicted molar refractivity (Wildman–Crippen MR) is 73.0 cm³/mol. The first kappa shape index (κ1) is 13.3. The Balaban J connectivity index is 1.90. The van der Waals surface area contributed by atoms with Crippen LogP contribution in [0, 0.1) is 6.92 Å². The standard InChI is InChI=1S/C14H19FN4O/c1-9-13-12(17-19(9)8-10(6-15)7-16)4-5-18(14(13)20)11-2-3-11/h6,11H,2-5,7-8,16H2,1H3/b10-6+. The monoisotopic (exact) mass is 278 g/mol. The Labute approximate surface area is 117 Å². The Morgan fingerprint density at radius 2 is 2.30 bits per heavy atom. The fourth-order valence-corrected chi connectivity index (χ4v) is 2.76. The van der Waals surface area contributed by atoms with Crippen LogP contribution >= 0.6 is 0 Å². The number of hydrogen-bond acceptors (Lipinski definition) is 3. The summed E-state index contributed by atoms with van der Waals surface area (Å²) in [5, 5.41) is 4.46. The molecule has 0 spiro atoms. The van der Waals surface area contributed by atoms with E-state index in [4.69, 9.17) is 5.73 Å². The molecule has 3 rings (SSSR count). The molecule has 5 nitrogen and oxygen atoms in total. The highest BCUT2D eigenvalue weighted by Gasteiger charge is 2.38. The molecule has 0 bridgehead atoms. The van der Waals surface area contributed by atoms with Crippen molar-refractivity contribution in [2.24, 2.45) is 5.73 Å². The molecule has 20 heavy (non-hydrogen) atoms. The van der Waals surface area contributed by atoms with Crippen molar-refractivity contribution in [3.63, 3.8) is 0 Å². The number of nitrogens with two attached hydrogens (primary N) is 1. The minimum absolute atomic E-state index is 0.0797. The lowest BCUT2D eigenvalue weighted by molar-refractivity contribution is 0.0726. The van der Waals surface area contributed by atoms with Crippen molar-refractivity contribution < 1.29 is 9.18 Å². The summed E-state index contributed by atoms with van der Waals surface area (Å²) in [6, 6.07) is 0.420. The van der Waals surface area contributed by atoms with Gasteiger partial charge in [0.2, 0.25) is 0 Å². The maximum absolute atomic E-state index is 12.7. The zero-order valence-corrected chi connectivity index (χ0v) is 11.6. The van der Waals surface area contributed by atoms with Gasteiger partial charge >= 0.3 is 0 Å². The van der Waals surface area contributed by atoms with Gasteiger partial charge in [0.05, 0.1) is 24.1 Å². The summed E-state index contributed by atoms with van der Waals surface area (Å²) in [5.41, 5.74) is 8.30. The molecule has 2 heterocycles. The molecule has 1 fully saturated rings. The fourth-order valence-electron chi connectivity index (χ4n) is 2.76. The van der Waals surface area contributed by atoms with Gasteiger partial charge < -0.3 is 10.6 Å². The highest BCUT2D eigenvalue weighted by atomic mass is 19.1. The fraction of sp³-hybridized carbons (Fsp3) is 0.571. The molecule has 1 amide bonds. The molecule has 0 radical (unpaired) electrons. The van der Waals surface area contributed by atoms with Gasteiger partial charge in [-0.15, -0.1) is 0 Å². The molecule has 1 saturated carbocycles. The Hall–Kier alpha value is -1.69. The lowest BCUT2D eigenvalue weighted by Gasteiger charge is -2.26. The van der Waals surface area contributed by atoms with E-state index in [2.05, 4.69) is 5.10 Å². The lowest BCUT2D eigenvalue weighted by atomic mass is 10.0. The molecule has 0 aromatic carbocycles. The summed E-state index contributed by atoms with van der Waals surface area (Å²) >= 11 is 0. The van der Waals surface area contributed by atoms with E-state index in [0.29, 0.717) is 30.1 Å². The van der Waals surface area contributed by atoms with Crippen molar-refractivity contribution in [2.45, 2.75) is 38.8 Å². The van der Waals surface area contributed by atoms with Gasteiger partial charge in [-0.1, -0.05) is 0 Å². The van der Waals surface area contributed by atoms with Crippen molar-refractivity contribution in [3.8, 4) is 0 Å². The van der Waals surface area contributed by atoms with Gasteiger partial charge in [-0.3, -0.25) is 9.48 Å². The average molecular weight is 278 g/mol. The van der Waals surface area contributed by atoms with Gasteiger partial charge in [-0.05, 0) is 25.3 Å². The summed E-state index contributed by atoms with van der Waals surface area (Å²) in [5.74, 6) is 0.0797. The first-order valence-corrected chi connectivity index (χ1v) is 7.01. The van der Waals surface area contributed by atoms with Crippen LogP contribution in [0.5, 0.6) is 0 Å². The summed E-state index contributed by atoms with van der Waals surface area (Å²) in [4.78, 5) is 14.5. The van der Waals surface area contributed by atoms with Crippen LogP contribution in [0.25, 0.3) is 0 Å². The topological polar surface area (TPSA) is 64.2 Å².